The molecule has 3 aromatic rings. The van der Waals surface area contributed by atoms with E-state index >= 15 is 0 Å². The Kier molecular flexibility index (Phi) is 2.90. The number of hydrogen-bond acceptors (Lipinski definition) is 1. The lowest BCUT2D eigenvalue weighted by molar-refractivity contribution is 0.101. The van der Waals surface area contributed by atoms with Gasteiger partial charge in [0.25, 0.3) is 0 Å². The van der Waals surface area contributed by atoms with Gasteiger partial charge < -0.3 is 4.57 Å². The molecule has 20 heavy (non-hydrogen) atoms. The number of hydrogen-bond donors (Lipinski definition) is 0. The lowest BCUT2D eigenvalue weighted by atomic mass is 10.2. The van der Waals surface area contributed by atoms with Crippen LogP contribution in [0.2, 0.25) is 0 Å². The summed E-state index contributed by atoms with van der Waals surface area (Å²) < 4.78 is 14.9. The monoisotopic (exact) mass is 267 g/mol. The number of halogens is 1. The molecule has 100 valence electrons. The maximum Gasteiger partial charge on any atom is 0.176 e. The van der Waals surface area contributed by atoms with Crippen LogP contribution < -0.4 is 0 Å². The van der Waals surface area contributed by atoms with Crippen LogP contribution in [0.4, 0.5) is 4.39 Å². The lowest BCUT2D eigenvalue weighted by Gasteiger charge is -2.09. The molecule has 0 fully saturated rings. The van der Waals surface area contributed by atoms with Crippen LogP contribution in [0, 0.1) is 12.7 Å². The highest BCUT2D eigenvalue weighted by Gasteiger charge is 2.13. The van der Waals surface area contributed by atoms with E-state index in [0.29, 0.717) is 5.69 Å². The fourth-order valence-electron chi connectivity index (χ4n) is 2.46. The van der Waals surface area contributed by atoms with E-state index in [2.05, 4.69) is 0 Å². The van der Waals surface area contributed by atoms with Crippen molar-refractivity contribution >= 4 is 16.7 Å². The molecule has 1 aromatic heterocycles. The van der Waals surface area contributed by atoms with Crippen LogP contribution in [0.25, 0.3) is 16.6 Å². The van der Waals surface area contributed by atoms with Crippen molar-refractivity contribution in [1.82, 2.24) is 4.57 Å². The number of benzene rings is 2. The van der Waals surface area contributed by atoms with Crippen LogP contribution >= 0.6 is 0 Å². The molecular formula is C17H14FNO. The van der Waals surface area contributed by atoms with Crippen LogP contribution in [0.1, 0.15) is 23.0 Å². The molecule has 0 N–H and O–H groups in total. The highest BCUT2D eigenvalue weighted by Crippen LogP contribution is 2.26. The Bertz CT molecular complexity index is 800. The summed E-state index contributed by atoms with van der Waals surface area (Å²) in [5, 5.41) is 1.01. The first-order valence-corrected chi connectivity index (χ1v) is 6.45. The molecule has 0 saturated carbocycles. The summed E-state index contributed by atoms with van der Waals surface area (Å²) >= 11 is 0. The maximum atomic E-state index is 13.1. The minimum atomic E-state index is -0.287. The summed E-state index contributed by atoms with van der Waals surface area (Å²) in [6.07, 6.45) is 0. The minimum Gasteiger partial charge on any atom is -0.307 e. The van der Waals surface area contributed by atoms with Gasteiger partial charge in [0, 0.05) is 18.0 Å². The zero-order valence-corrected chi connectivity index (χ0v) is 11.4. The highest BCUT2D eigenvalue weighted by atomic mass is 19.1. The van der Waals surface area contributed by atoms with Gasteiger partial charge in [0.15, 0.2) is 5.78 Å². The van der Waals surface area contributed by atoms with Gasteiger partial charge in [-0.1, -0.05) is 11.6 Å². The number of carbonyl (C=O) groups excluding carboxylic acids is 1. The molecule has 0 unspecified atom stereocenters. The SMILES string of the molecule is CC(=O)c1cc2cc(C)ccc2n1-c1ccc(F)cc1. The Labute approximate surface area is 116 Å². The van der Waals surface area contributed by atoms with Gasteiger partial charge >= 0.3 is 0 Å². The maximum absolute atomic E-state index is 13.1. The summed E-state index contributed by atoms with van der Waals surface area (Å²) in [5.74, 6) is -0.298. The van der Waals surface area contributed by atoms with Gasteiger partial charge in [-0.05, 0) is 49.4 Å². The Morgan fingerprint density at radius 2 is 1.75 bits per heavy atom. The smallest absolute Gasteiger partial charge is 0.176 e. The molecular weight excluding hydrogens is 253 g/mol. The quantitative estimate of drug-likeness (QED) is 0.635. The van der Waals surface area contributed by atoms with Crippen LogP contribution in [-0.2, 0) is 0 Å². The first kappa shape index (κ1) is 12.6. The zero-order chi connectivity index (χ0) is 14.3. The summed E-state index contributed by atoms with van der Waals surface area (Å²) in [6, 6.07) is 14.1. The number of rotatable bonds is 2. The van der Waals surface area contributed by atoms with Crippen LogP contribution in [0.5, 0.6) is 0 Å². The Morgan fingerprint density at radius 1 is 1.05 bits per heavy atom. The normalized spacial score (nSPS) is 10.9. The third-order valence-corrected chi connectivity index (χ3v) is 3.40. The average molecular weight is 267 g/mol. The van der Waals surface area contributed by atoms with E-state index in [4.69, 9.17) is 0 Å². The summed E-state index contributed by atoms with van der Waals surface area (Å²) in [6.45, 7) is 3.56. The average Bonchev–Trinajstić information content (AvgIpc) is 2.78. The predicted molar refractivity (Wildman–Crippen MR) is 78.0 cm³/mol. The van der Waals surface area contributed by atoms with Crippen molar-refractivity contribution < 1.29 is 9.18 Å². The van der Waals surface area contributed by atoms with Gasteiger partial charge in [-0.25, -0.2) is 4.39 Å². The molecule has 1 heterocycles. The molecule has 2 nitrogen and oxygen atoms in total. The van der Waals surface area contributed by atoms with Gasteiger partial charge in [-0.15, -0.1) is 0 Å². The lowest BCUT2D eigenvalue weighted by Crippen LogP contribution is -2.04. The highest BCUT2D eigenvalue weighted by molar-refractivity contribution is 6.00. The van der Waals surface area contributed by atoms with E-state index in [1.54, 1.807) is 19.1 Å². The van der Waals surface area contributed by atoms with E-state index in [9.17, 15) is 9.18 Å². The van der Waals surface area contributed by atoms with Gasteiger partial charge in [0.1, 0.15) is 5.82 Å². The molecule has 0 saturated heterocycles. The number of nitrogens with zero attached hydrogens (tertiary/aromatic N) is 1. The fourth-order valence-corrected chi connectivity index (χ4v) is 2.46. The van der Waals surface area contributed by atoms with Crippen LogP contribution in [-0.4, -0.2) is 10.4 Å². The van der Waals surface area contributed by atoms with E-state index in [-0.39, 0.29) is 11.6 Å². The van der Waals surface area contributed by atoms with Crippen molar-refractivity contribution in [3.05, 3.63) is 65.6 Å². The van der Waals surface area contributed by atoms with Crippen molar-refractivity contribution in [3.8, 4) is 5.69 Å². The standard InChI is InChI=1S/C17H14FNO/c1-11-3-8-16-13(9-11)10-17(12(2)20)19(16)15-6-4-14(18)5-7-15/h3-10H,1-2H3. The molecule has 2 aromatic carbocycles. The fraction of sp³-hybridized carbons (Fsp3) is 0.118. The molecule has 0 aliphatic rings. The molecule has 0 aliphatic heterocycles. The van der Waals surface area contributed by atoms with E-state index < -0.39 is 0 Å². The Hall–Kier alpha value is -2.42. The summed E-state index contributed by atoms with van der Waals surface area (Å²) in [5.41, 5.74) is 3.49. The summed E-state index contributed by atoms with van der Waals surface area (Å²) in [7, 11) is 0. The third kappa shape index (κ3) is 2.01. The second-order valence-electron chi connectivity index (χ2n) is 4.96. The predicted octanol–water partition coefficient (Wildman–Crippen LogP) is 4.28. The molecule has 0 spiro atoms. The molecule has 0 radical (unpaired) electrons. The first-order chi connectivity index (χ1) is 9.56. The first-order valence-electron chi connectivity index (χ1n) is 6.45. The van der Waals surface area contributed by atoms with Gasteiger partial charge in [0.2, 0.25) is 0 Å². The number of aryl methyl sites for hydroxylation is 1. The third-order valence-electron chi connectivity index (χ3n) is 3.40. The van der Waals surface area contributed by atoms with Crippen LogP contribution in [0.15, 0.2) is 48.5 Å². The molecule has 0 aliphatic carbocycles. The Morgan fingerprint density at radius 3 is 2.40 bits per heavy atom. The number of fused-ring (bicyclic) bond motifs is 1. The molecule has 0 amide bonds. The number of carbonyl (C=O) groups is 1. The van der Waals surface area contributed by atoms with Crippen molar-refractivity contribution in [3.63, 3.8) is 0 Å². The van der Waals surface area contributed by atoms with E-state index in [0.717, 1.165) is 22.2 Å². The minimum absolute atomic E-state index is 0.0109. The van der Waals surface area contributed by atoms with E-state index in [1.165, 1.54) is 12.1 Å². The zero-order valence-electron chi connectivity index (χ0n) is 11.4. The Balaban J connectivity index is 2.34. The van der Waals surface area contributed by atoms with Gasteiger partial charge in [-0.2, -0.15) is 0 Å². The molecule has 0 bridgehead atoms. The molecule has 3 rings (SSSR count). The molecule has 0 atom stereocenters. The second-order valence-corrected chi connectivity index (χ2v) is 4.96. The number of ketones is 1. The summed E-state index contributed by atoms with van der Waals surface area (Å²) in [4.78, 5) is 11.9. The topological polar surface area (TPSA) is 22.0 Å². The second kappa shape index (κ2) is 4.60. The largest absolute Gasteiger partial charge is 0.307 e. The van der Waals surface area contributed by atoms with Gasteiger partial charge in [0.05, 0.1) is 11.2 Å². The van der Waals surface area contributed by atoms with Crippen molar-refractivity contribution in [2.45, 2.75) is 13.8 Å². The van der Waals surface area contributed by atoms with Crippen molar-refractivity contribution in [2.24, 2.45) is 0 Å². The molecule has 3 heteroatoms. The van der Waals surface area contributed by atoms with Crippen molar-refractivity contribution in [1.29, 1.82) is 0 Å². The number of Topliss-reactive ketones (excluding diaryl/α,β-unsaturated/α-hetero) is 1. The van der Waals surface area contributed by atoms with Crippen molar-refractivity contribution in [2.75, 3.05) is 0 Å². The van der Waals surface area contributed by atoms with Crippen LogP contribution in [0.3, 0.4) is 0 Å². The van der Waals surface area contributed by atoms with Gasteiger partial charge in [-0.3, -0.25) is 4.79 Å². The van der Waals surface area contributed by atoms with E-state index in [1.807, 2.05) is 35.8 Å². The number of aromatic nitrogens is 1.